The van der Waals surface area contributed by atoms with Crippen LogP contribution >= 0.6 is 0 Å². The summed E-state index contributed by atoms with van der Waals surface area (Å²) in [6.07, 6.45) is 0. The molecule has 0 aliphatic rings. The van der Waals surface area contributed by atoms with Crippen LogP contribution < -0.4 is 4.90 Å². The lowest BCUT2D eigenvalue weighted by Gasteiger charge is -2.19. The Balaban J connectivity index is 2.85. The van der Waals surface area contributed by atoms with Gasteiger partial charge in [-0.25, -0.2) is 4.39 Å². The van der Waals surface area contributed by atoms with Crippen molar-refractivity contribution in [3.05, 3.63) is 30.1 Å². The number of anilines is 1. The van der Waals surface area contributed by atoms with E-state index in [1.54, 1.807) is 0 Å². The molecule has 0 radical (unpaired) electrons. The van der Waals surface area contributed by atoms with E-state index in [2.05, 4.69) is 0 Å². The molecule has 1 unspecified atom stereocenters. The van der Waals surface area contributed by atoms with Crippen LogP contribution in [0.2, 0.25) is 0 Å². The first-order chi connectivity index (χ1) is 7.43. The molecule has 4 nitrogen and oxygen atoms in total. The van der Waals surface area contributed by atoms with E-state index in [9.17, 15) is 14.0 Å². The lowest BCUT2D eigenvalue weighted by Crippen LogP contribution is -2.35. The normalized spacial score (nSPS) is 11.9. The number of hydrogen-bond acceptors (Lipinski definition) is 2. The molecule has 0 saturated heterocycles. The van der Waals surface area contributed by atoms with Crippen LogP contribution in [-0.2, 0) is 9.59 Å². The molecule has 1 N–H and O–H groups in total. The Hall–Kier alpha value is -1.91. The molecule has 0 bridgehead atoms. The highest BCUT2D eigenvalue weighted by Crippen LogP contribution is 2.15. The third-order valence-electron chi connectivity index (χ3n) is 2.29. The Morgan fingerprint density at radius 2 is 1.81 bits per heavy atom. The third kappa shape index (κ3) is 2.56. The van der Waals surface area contributed by atoms with E-state index in [-0.39, 0.29) is 0 Å². The summed E-state index contributed by atoms with van der Waals surface area (Å²) in [6, 6.07) is 5.26. The van der Waals surface area contributed by atoms with Crippen molar-refractivity contribution in [2.24, 2.45) is 5.92 Å². The monoisotopic (exact) mass is 225 g/mol. The first-order valence-corrected chi connectivity index (χ1v) is 4.69. The number of carbonyl (C=O) groups excluding carboxylic acids is 1. The van der Waals surface area contributed by atoms with Crippen LogP contribution in [0.1, 0.15) is 6.92 Å². The predicted octanol–water partition coefficient (Wildman–Crippen LogP) is 1.51. The van der Waals surface area contributed by atoms with Gasteiger partial charge in [-0.2, -0.15) is 0 Å². The number of nitrogens with zero attached hydrogens (tertiary/aromatic N) is 1. The van der Waals surface area contributed by atoms with Crippen LogP contribution in [0.3, 0.4) is 0 Å². The van der Waals surface area contributed by atoms with Gasteiger partial charge in [0.1, 0.15) is 11.7 Å². The number of amides is 1. The summed E-state index contributed by atoms with van der Waals surface area (Å²) in [5.74, 6) is -3.25. The Labute approximate surface area is 92.3 Å². The Morgan fingerprint density at radius 1 is 1.31 bits per heavy atom. The van der Waals surface area contributed by atoms with Gasteiger partial charge in [0.2, 0.25) is 5.91 Å². The summed E-state index contributed by atoms with van der Waals surface area (Å²) in [6.45, 7) is 1.31. The number of carboxylic acid groups (broad SMARTS) is 1. The fourth-order valence-corrected chi connectivity index (χ4v) is 1.19. The summed E-state index contributed by atoms with van der Waals surface area (Å²) < 4.78 is 12.6. The summed E-state index contributed by atoms with van der Waals surface area (Å²) in [5, 5.41) is 8.68. The molecule has 16 heavy (non-hydrogen) atoms. The van der Waals surface area contributed by atoms with Gasteiger partial charge < -0.3 is 10.0 Å². The summed E-state index contributed by atoms with van der Waals surface area (Å²) in [4.78, 5) is 23.4. The average Bonchev–Trinajstić information content (AvgIpc) is 2.27. The van der Waals surface area contributed by atoms with E-state index >= 15 is 0 Å². The van der Waals surface area contributed by atoms with Crippen molar-refractivity contribution in [2.45, 2.75) is 6.92 Å². The highest BCUT2D eigenvalue weighted by molar-refractivity contribution is 6.04. The van der Waals surface area contributed by atoms with Crippen LogP contribution in [0, 0.1) is 11.7 Å². The molecular weight excluding hydrogens is 213 g/mol. The van der Waals surface area contributed by atoms with E-state index in [1.807, 2.05) is 0 Å². The van der Waals surface area contributed by atoms with Crippen molar-refractivity contribution in [1.29, 1.82) is 0 Å². The van der Waals surface area contributed by atoms with Crippen LogP contribution in [0.15, 0.2) is 24.3 Å². The second-order valence-electron chi connectivity index (χ2n) is 3.43. The lowest BCUT2D eigenvalue weighted by atomic mass is 10.1. The van der Waals surface area contributed by atoms with Crippen LogP contribution in [0.4, 0.5) is 10.1 Å². The summed E-state index contributed by atoms with van der Waals surface area (Å²) in [7, 11) is 1.45. The van der Waals surface area contributed by atoms with Gasteiger partial charge in [-0.05, 0) is 31.2 Å². The Bertz CT molecular complexity index is 402. The smallest absolute Gasteiger partial charge is 0.315 e. The fourth-order valence-electron chi connectivity index (χ4n) is 1.19. The Morgan fingerprint density at radius 3 is 2.25 bits per heavy atom. The van der Waals surface area contributed by atoms with E-state index in [0.717, 1.165) is 0 Å². The molecule has 0 aliphatic heterocycles. The third-order valence-corrected chi connectivity index (χ3v) is 2.29. The first-order valence-electron chi connectivity index (χ1n) is 4.69. The molecule has 1 rings (SSSR count). The molecule has 0 heterocycles. The average molecular weight is 225 g/mol. The molecule has 1 atom stereocenters. The van der Waals surface area contributed by atoms with Gasteiger partial charge in [-0.3, -0.25) is 9.59 Å². The van der Waals surface area contributed by atoms with Gasteiger partial charge in [0, 0.05) is 12.7 Å². The highest BCUT2D eigenvalue weighted by atomic mass is 19.1. The van der Waals surface area contributed by atoms with Crippen LogP contribution in [-0.4, -0.2) is 24.0 Å². The van der Waals surface area contributed by atoms with Crippen molar-refractivity contribution >= 4 is 17.6 Å². The van der Waals surface area contributed by atoms with Crippen molar-refractivity contribution in [1.82, 2.24) is 0 Å². The molecule has 1 aromatic carbocycles. The number of halogens is 1. The molecule has 5 heteroatoms. The van der Waals surface area contributed by atoms with Gasteiger partial charge >= 0.3 is 5.97 Å². The summed E-state index contributed by atoms with van der Waals surface area (Å²) >= 11 is 0. The molecule has 0 fully saturated rings. The minimum atomic E-state index is -1.18. The largest absolute Gasteiger partial charge is 0.481 e. The number of carboxylic acids is 1. The first kappa shape index (κ1) is 12.2. The van der Waals surface area contributed by atoms with Gasteiger partial charge in [0.05, 0.1) is 0 Å². The number of carbonyl (C=O) groups is 2. The number of aliphatic carboxylic acids is 1. The number of benzene rings is 1. The maximum absolute atomic E-state index is 12.6. The maximum atomic E-state index is 12.6. The van der Waals surface area contributed by atoms with Crippen LogP contribution in [0.25, 0.3) is 0 Å². The maximum Gasteiger partial charge on any atom is 0.315 e. The van der Waals surface area contributed by atoms with Crippen LogP contribution in [0.5, 0.6) is 0 Å². The zero-order valence-corrected chi connectivity index (χ0v) is 8.98. The minimum absolute atomic E-state index is 0.407. The molecule has 0 aromatic heterocycles. The highest BCUT2D eigenvalue weighted by Gasteiger charge is 2.24. The second kappa shape index (κ2) is 4.74. The standard InChI is InChI=1S/C11H12FNO3/c1-7(11(15)16)10(14)13(2)9-5-3-8(12)4-6-9/h3-7H,1-2H3,(H,15,16). The van der Waals surface area contributed by atoms with Crippen molar-refractivity contribution in [3.63, 3.8) is 0 Å². The topological polar surface area (TPSA) is 57.6 Å². The molecular formula is C11H12FNO3. The second-order valence-corrected chi connectivity index (χ2v) is 3.43. The Kier molecular flexibility index (Phi) is 3.60. The molecule has 0 saturated carbocycles. The van der Waals surface area contributed by atoms with Crippen molar-refractivity contribution in [3.8, 4) is 0 Å². The predicted molar refractivity (Wildman–Crippen MR) is 56.6 cm³/mol. The van der Waals surface area contributed by atoms with E-state index in [4.69, 9.17) is 5.11 Å². The number of hydrogen-bond donors (Lipinski definition) is 1. The van der Waals surface area contributed by atoms with Gasteiger partial charge in [0.15, 0.2) is 0 Å². The molecule has 1 aromatic rings. The quantitative estimate of drug-likeness (QED) is 0.793. The molecule has 0 spiro atoms. The van der Waals surface area contributed by atoms with Crippen molar-refractivity contribution < 1.29 is 19.1 Å². The zero-order valence-electron chi connectivity index (χ0n) is 8.98. The molecule has 1 amide bonds. The van der Waals surface area contributed by atoms with Gasteiger partial charge in [0.25, 0.3) is 0 Å². The van der Waals surface area contributed by atoms with Crippen molar-refractivity contribution in [2.75, 3.05) is 11.9 Å². The van der Waals surface area contributed by atoms with Gasteiger partial charge in [-0.15, -0.1) is 0 Å². The summed E-state index contributed by atoms with van der Waals surface area (Å²) in [5.41, 5.74) is 0.458. The SMILES string of the molecule is CC(C(=O)O)C(=O)N(C)c1ccc(F)cc1. The molecule has 0 aliphatic carbocycles. The molecule has 86 valence electrons. The van der Waals surface area contributed by atoms with E-state index in [1.165, 1.54) is 43.1 Å². The number of rotatable bonds is 3. The lowest BCUT2D eigenvalue weighted by molar-refractivity contribution is -0.145. The van der Waals surface area contributed by atoms with E-state index < -0.39 is 23.6 Å². The van der Waals surface area contributed by atoms with E-state index in [0.29, 0.717) is 5.69 Å². The minimum Gasteiger partial charge on any atom is -0.481 e. The van der Waals surface area contributed by atoms with Gasteiger partial charge in [-0.1, -0.05) is 0 Å². The fraction of sp³-hybridized carbons (Fsp3) is 0.273. The zero-order chi connectivity index (χ0) is 12.3.